The number of halogens is 2. The zero-order valence-corrected chi connectivity index (χ0v) is 12.0. The van der Waals surface area contributed by atoms with E-state index in [1.165, 1.54) is 11.1 Å². The van der Waals surface area contributed by atoms with Crippen LogP contribution in [0.25, 0.3) is 0 Å². The van der Waals surface area contributed by atoms with Crippen molar-refractivity contribution >= 4 is 23.2 Å². The van der Waals surface area contributed by atoms with Gasteiger partial charge in [-0.3, -0.25) is 4.90 Å². The van der Waals surface area contributed by atoms with Crippen LogP contribution in [-0.2, 0) is 19.5 Å². The second-order valence-corrected chi connectivity index (χ2v) is 5.56. The van der Waals surface area contributed by atoms with Gasteiger partial charge in [0, 0.05) is 25.2 Å². The number of fused-ring (bicyclic) bond motifs is 1. The van der Waals surface area contributed by atoms with E-state index in [1.807, 2.05) is 6.07 Å². The molecular weight excluding hydrogens is 279 g/mol. The molecule has 1 aliphatic heterocycles. The minimum atomic E-state index is 0.442. The Morgan fingerprint density at radius 1 is 1.05 bits per heavy atom. The molecule has 0 atom stereocenters. The van der Waals surface area contributed by atoms with Gasteiger partial charge >= 0.3 is 0 Å². The maximum absolute atomic E-state index is 6.13. The largest absolute Gasteiger partial charge is 0.294 e. The molecule has 0 spiro atoms. The van der Waals surface area contributed by atoms with Crippen LogP contribution in [0.5, 0.6) is 0 Å². The highest BCUT2D eigenvalue weighted by atomic mass is 35.5. The lowest BCUT2D eigenvalue weighted by atomic mass is 10.00. The zero-order valence-electron chi connectivity index (χ0n) is 10.4. The summed E-state index contributed by atoms with van der Waals surface area (Å²) in [6.07, 6.45) is 1.09. The number of nitrogens with zero attached hydrogens (tertiary/aromatic N) is 2. The highest BCUT2D eigenvalue weighted by Crippen LogP contribution is 2.23. The molecule has 0 radical (unpaired) electrons. The fourth-order valence-corrected chi connectivity index (χ4v) is 2.89. The van der Waals surface area contributed by atoms with Crippen molar-refractivity contribution in [3.8, 4) is 0 Å². The number of hydrogen-bond acceptors (Lipinski definition) is 2. The van der Waals surface area contributed by atoms with Gasteiger partial charge in [-0.1, -0.05) is 53.5 Å². The molecule has 0 fully saturated rings. The van der Waals surface area contributed by atoms with Crippen LogP contribution >= 0.6 is 23.2 Å². The van der Waals surface area contributed by atoms with Gasteiger partial charge in [0.25, 0.3) is 0 Å². The van der Waals surface area contributed by atoms with Crippen LogP contribution in [-0.4, -0.2) is 16.4 Å². The fourth-order valence-electron chi connectivity index (χ4n) is 2.49. The lowest BCUT2D eigenvalue weighted by molar-refractivity contribution is 0.245. The molecule has 19 heavy (non-hydrogen) atoms. The Kier molecular flexibility index (Phi) is 3.74. The van der Waals surface area contributed by atoms with E-state index in [1.54, 1.807) is 6.07 Å². The summed E-state index contributed by atoms with van der Waals surface area (Å²) in [5, 5.41) is 0.948. The zero-order chi connectivity index (χ0) is 13.2. The third-order valence-corrected chi connectivity index (χ3v) is 4.03. The predicted molar refractivity (Wildman–Crippen MR) is 78.5 cm³/mol. The molecule has 1 aliphatic rings. The smallest absolute Gasteiger partial charge is 0.135 e. The number of pyridine rings is 1. The molecule has 0 amide bonds. The van der Waals surface area contributed by atoms with Crippen LogP contribution in [0.4, 0.5) is 0 Å². The Bertz CT molecular complexity index is 598. The molecule has 0 saturated heterocycles. The molecule has 0 saturated carbocycles. The number of aromatic nitrogens is 1. The van der Waals surface area contributed by atoms with Crippen molar-refractivity contribution in [1.29, 1.82) is 0 Å². The first-order valence-corrected chi connectivity index (χ1v) is 7.08. The summed E-state index contributed by atoms with van der Waals surface area (Å²) in [6.45, 7) is 2.84. The van der Waals surface area contributed by atoms with Crippen molar-refractivity contribution < 1.29 is 0 Å². The van der Waals surface area contributed by atoms with Crippen molar-refractivity contribution in [2.75, 3.05) is 6.54 Å². The van der Waals surface area contributed by atoms with E-state index in [0.29, 0.717) is 10.3 Å². The van der Waals surface area contributed by atoms with Crippen LogP contribution < -0.4 is 0 Å². The summed E-state index contributed by atoms with van der Waals surface area (Å²) in [6, 6.07) is 12.4. The van der Waals surface area contributed by atoms with Gasteiger partial charge in [-0.15, -0.1) is 0 Å². The first-order chi connectivity index (χ1) is 9.22. The number of benzene rings is 1. The van der Waals surface area contributed by atoms with Crippen LogP contribution in [0.2, 0.25) is 10.3 Å². The molecule has 2 heterocycles. The monoisotopic (exact) mass is 292 g/mol. The predicted octanol–water partition coefficient (Wildman–Crippen LogP) is 3.95. The highest BCUT2D eigenvalue weighted by Gasteiger charge is 2.16. The van der Waals surface area contributed by atoms with Gasteiger partial charge in [0.15, 0.2) is 0 Å². The van der Waals surface area contributed by atoms with Gasteiger partial charge in [0.1, 0.15) is 10.3 Å². The van der Waals surface area contributed by atoms with Crippen molar-refractivity contribution in [3.63, 3.8) is 0 Å². The van der Waals surface area contributed by atoms with Crippen molar-refractivity contribution in [2.45, 2.75) is 19.5 Å². The van der Waals surface area contributed by atoms with E-state index in [9.17, 15) is 0 Å². The molecule has 98 valence electrons. The Balaban J connectivity index is 1.75. The molecule has 0 bridgehead atoms. The molecule has 1 aromatic heterocycles. The molecule has 1 aromatic carbocycles. The molecule has 3 rings (SSSR count). The van der Waals surface area contributed by atoms with Crippen LogP contribution in [0, 0.1) is 0 Å². The van der Waals surface area contributed by atoms with E-state index in [4.69, 9.17) is 23.2 Å². The van der Waals surface area contributed by atoms with E-state index in [2.05, 4.69) is 34.1 Å². The van der Waals surface area contributed by atoms with Gasteiger partial charge in [-0.2, -0.15) is 0 Å². The van der Waals surface area contributed by atoms with E-state index in [0.717, 1.165) is 31.6 Å². The minimum Gasteiger partial charge on any atom is -0.294 e. The van der Waals surface area contributed by atoms with Crippen LogP contribution in [0.15, 0.2) is 36.4 Å². The van der Waals surface area contributed by atoms with Gasteiger partial charge in [0.05, 0.1) is 0 Å². The summed E-state index contributed by atoms with van der Waals surface area (Å²) < 4.78 is 0. The maximum atomic E-state index is 6.13. The van der Waals surface area contributed by atoms with E-state index in [-0.39, 0.29) is 0 Å². The number of hydrogen-bond donors (Lipinski definition) is 0. The first kappa shape index (κ1) is 12.9. The molecular formula is C15H14Cl2N2. The van der Waals surface area contributed by atoms with Crippen molar-refractivity contribution in [2.24, 2.45) is 0 Å². The molecule has 0 N–H and O–H groups in total. The van der Waals surface area contributed by atoms with Gasteiger partial charge in [0.2, 0.25) is 0 Å². The minimum absolute atomic E-state index is 0.442. The lowest BCUT2D eigenvalue weighted by Gasteiger charge is -2.28. The summed E-state index contributed by atoms with van der Waals surface area (Å²) in [5.74, 6) is 0. The summed E-state index contributed by atoms with van der Waals surface area (Å²) in [4.78, 5) is 6.48. The second-order valence-electron chi connectivity index (χ2n) is 4.81. The Morgan fingerprint density at radius 2 is 1.84 bits per heavy atom. The normalized spacial score (nSPS) is 15.3. The molecule has 2 aromatic rings. The average Bonchev–Trinajstić information content (AvgIpc) is 2.42. The highest BCUT2D eigenvalue weighted by molar-refractivity contribution is 6.32. The number of rotatable bonds is 2. The Hall–Kier alpha value is -1.09. The summed E-state index contributed by atoms with van der Waals surface area (Å²) >= 11 is 11.9. The topological polar surface area (TPSA) is 16.1 Å². The van der Waals surface area contributed by atoms with Crippen molar-refractivity contribution in [1.82, 2.24) is 9.88 Å². The van der Waals surface area contributed by atoms with E-state index < -0.39 is 0 Å². The van der Waals surface area contributed by atoms with Gasteiger partial charge in [-0.25, -0.2) is 4.98 Å². The van der Waals surface area contributed by atoms with Crippen LogP contribution in [0.1, 0.15) is 16.7 Å². The molecule has 0 unspecified atom stereocenters. The molecule has 4 heteroatoms. The second kappa shape index (κ2) is 5.49. The average molecular weight is 293 g/mol. The maximum Gasteiger partial charge on any atom is 0.135 e. The molecule has 2 nitrogen and oxygen atoms in total. The quantitative estimate of drug-likeness (QED) is 0.779. The Morgan fingerprint density at radius 3 is 2.63 bits per heavy atom. The fraction of sp³-hybridized carbons (Fsp3) is 0.267. The molecule has 0 aliphatic carbocycles. The van der Waals surface area contributed by atoms with Crippen LogP contribution in [0.3, 0.4) is 0 Å². The van der Waals surface area contributed by atoms with Crippen molar-refractivity contribution in [3.05, 3.63) is 63.4 Å². The van der Waals surface area contributed by atoms with E-state index >= 15 is 0 Å². The SMILES string of the molecule is Clc1ccc(CN2CCc3ccccc3C2)c(Cl)n1. The van der Waals surface area contributed by atoms with Gasteiger partial charge in [-0.05, 0) is 23.6 Å². The lowest BCUT2D eigenvalue weighted by Crippen LogP contribution is -2.30. The third-order valence-electron chi connectivity index (χ3n) is 3.50. The third kappa shape index (κ3) is 2.92. The standard InChI is InChI=1S/C15H14Cl2N2/c16-14-6-5-13(15(17)18-14)10-19-8-7-11-3-1-2-4-12(11)9-19/h1-6H,7-10H2. The summed E-state index contributed by atoms with van der Waals surface area (Å²) in [7, 11) is 0. The summed E-state index contributed by atoms with van der Waals surface area (Å²) in [5.41, 5.74) is 3.90. The Labute approximate surface area is 123 Å². The first-order valence-electron chi connectivity index (χ1n) is 6.32. The van der Waals surface area contributed by atoms with Gasteiger partial charge < -0.3 is 0 Å².